The van der Waals surface area contributed by atoms with Crippen molar-refractivity contribution in [1.82, 2.24) is 4.98 Å². The van der Waals surface area contributed by atoms with Gasteiger partial charge in [-0.1, -0.05) is 34.1 Å². The van der Waals surface area contributed by atoms with E-state index in [2.05, 4.69) is 20.9 Å². The number of nitrogens with zero attached hydrogens (tertiary/aromatic N) is 2. The van der Waals surface area contributed by atoms with Crippen molar-refractivity contribution >= 4 is 32.5 Å². The second-order valence-electron chi connectivity index (χ2n) is 4.34. The Morgan fingerprint density at radius 2 is 1.90 bits per heavy atom. The van der Waals surface area contributed by atoms with Crippen LogP contribution in [-0.2, 0) is 0 Å². The van der Waals surface area contributed by atoms with Gasteiger partial charge in [0.1, 0.15) is 0 Å². The Labute approximate surface area is 123 Å². The molecule has 3 rings (SSSR count). The van der Waals surface area contributed by atoms with E-state index in [1.165, 1.54) is 12.1 Å². The van der Waals surface area contributed by atoms with Crippen molar-refractivity contribution in [2.45, 2.75) is 0 Å². The molecule has 4 nitrogen and oxygen atoms in total. The molecule has 0 aliphatic carbocycles. The van der Waals surface area contributed by atoms with Gasteiger partial charge in [-0.15, -0.1) is 0 Å². The van der Waals surface area contributed by atoms with Gasteiger partial charge < -0.3 is 0 Å². The van der Waals surface area contributed by atoms with Crippen molar-refractivity contribution in [3.63, 3.8) is 0 Å². The van der Waals surface area contributed by atoms with E-state index in [4.69, 9.17) is 0 Å². The molecule has 0 saturated heterocycles. The van der Waals surface area contributed by atoms with Crippen molar-refractivity contribution in [2.75, 3.05) is 0 Å². The highest BCUT2D eigenvalue weighted by Gasteiger charge is 2.08. The second kappa shape index (κ2) is 5.02. The van der Waals surface area contributed by atoms with Crippen LogP contribution in [0, 0.1) is 10.1 Å². The molecule has 5 heteroatoms. The third-order valence-corrected chi connectivity index (χ3v) is 3.50. The summed E-state index contributed by atoms with van der Waals surface area (Å²) in [5.41, 5.74) is 2.39. The number of nitro groups is 1. The summed E-state index contributed by atoms with van der Waals surface area (Å²) in [5.74, 6) is 0. The molecule has 0 saturated carbocycles. The van der Waals surface area contributed by atoms with E-state index in [0.29, 0.717) is 0 Å². The van der Waals surface area contributed by atoms with E-state index in [1.807, 2.05) is 36.4 Å². The number of halogens is 1. The molecule has 2 aromatic carbocycles. The van der Waals surface area contributed by atoms with Crippen molar-refractivity contribution < 1.29 is 4.92 Å². The third kappa shape index (κ3) is 2.40. The molecule has 1 heterocycles. The molecule has 0 aliphatic heterocycles. The minimum absolute atomic E-state index is 0.0696. The first kappa shape index (κ1) is 12.7. The predicted molar refractivity (Wildman–Crippen MR) is 81.5 cm³/mol. The maximum atomic E-state index is 10.8. The van der Waals surface area contributed by atoms with Gasteiger partial charge in [0.2, 0.25) is 0 Å². The highest BCUT2D eigenvalue weighted by atomic mass is 79.9. The normalized spacial score (nSPS) is 10.7. The molecule has 0 spiro atoms. The standard InChI is InChI=1S/C15H9BrN2O2/c16-12-5-7-15-11(8-12)4-6-14(17-15)10-2-1-3-13(9-10)18(19)20/h1-9H. The number of aromatic nitrogens is 1. The van der Waals surface area contributed by atoms with Crippen LogP contribution in [0.25, 0.3) is 22.2 Å². The van der Waals surface area contributed by atoms with E-state index in [-0.39, 0.29) is 5.69 Å². The Hall–Kier alpha value is -2.27. The van der Waals surface area contributed by atoms with Gasteiger partial charge >= 0.3 is 0 Å². The fraction of sp³-hybridized carbons (Fsp3) is 0. The first-order valence-electron chi connectivity index (χ1n) is 5.95. The molecule has 0 N–H and O–H groups in total. The first-order valence-corrected chi connectivity index (χ1v) is 6.74. The highest BCUT2D eigenvalue weighted by Crippen LogP contribution is 2.25. The van der Waals surface area contributed by atoms with Crippen molar-refractivity contribution in [3.05, 3.63) is 69.2 Å². The molecule has 0 bridgehead atoms. The molecule has 98 valence electrons. The number of hydrogen-bond donors (Lipinski definition) is 0. The summed E-state index contributed by atoms with van der Waals surface area (Å²) in [6.45, 7) is 0. The maximum Gasteiger partial charge on any atom is 0.270 e. The summed E-state index contributed by atoms with van der Waals surface area (Å²) in [6.07, 6.45) is 0. The Balaban J connectivity index is 2.12. The van der Waals surface area contributed by atoms with Crippen LogP contribution >= 0.6 is 15.9 Å². The van der Waals surface area contributed by atoms with Gasteiger partial charge in [0.15, 0.2) is 0 Å². The van der Waals surface area contributed by atoms with Gasteiger partial charge in [-0.3, -0.25) is 10.1 Å². The fourth-order valence-electron chi connectivity index (χ4n) is 2.04. The molecule has 0 unspecified atom stereocenters. The summed E-state index contributed by atoms with van der Waals surface area (Å²) in [7, 11) is 0. The summed E-state index contributed by atoms with van der Waals surface area (Å²) in [4.78, 5) is 15.0. The molecule has 0 aliphatic rings. The Morgan fingerprint density at radius 3 is 2.70 bits per heavy atom. The maximum absolute atomic E-state index is 10.8. The number of rotatable bonds is 2. The predicted octanol–water partition coefficient (Wildman–Crippen LogP) is 4.57. The number of fused-ring (bicyclic) bond motifs is 1. The van der Waals surface area contributed by atoms with Crippen LogP contribution in [0.2, 0.25) is 0 Å². The summed E-state index contributed by atoms with van der Waals surface area (Å²) in [5, 5.41) is 11.8. The third-order valence-electron chi connectivity index (χ3n) is 3.00. The van der Waals surface area contributed by atoms with E-state index in [0.717, 1.165) is 26.6 Å². The zero-order valence-corrected chi connectivity index (χ0v) is 11.9. The van der Waals surface area contributed by atoms with E-state index in [1.54, 1.807) is 6.07 Å². The van der Waals surface area contributed by atoms with Crippen molar-refractivity contribution in [3.8, 4) is 11.3 Å². The zero-order chi connectivity index (χ0) is 14.1. The lowest BCUT2D eigenvalue weighted by molar-refractivity contribution is -0.384. The summed E-state index contributed by atoms with van der Waals surface area (Å²) < 4.78 is 0.995. The number of pyridine rings is 1. The monoisotopic (exact) mass is 328 g/mol. The van der Waals surface area contributed by atoms with Crippen LogP contribution in [0.1, 0.15) is 0 Å². The van der Waals surface area contributed by atoms with Gasteiger partial charge in [-0.25, -0.2) is 4.98 Å². The highest BCUT2D eigenvalue weighted by molar-refractivity contribution is 9.10. The molecule has 1 aromatic heterocycles. The van der Waals surface area contributed by atoms with E-state index in [9.17, 15) is 10.1 Å². The van der Waals surface area contributed by atoms with E-state index < -0.39 is 4.92 Å². The Kier molecular flexibility index (Phi) is 3.20. The quantitative estimate of drug-likeness (QED) is 0.511. The topological polar surface area (TPSA) is 56.0 Å². The largest absolute Gasteiger partial charge is 0.270 e. The first-order chi connectivity index (χ1) is 9.63. The minimum atomic E-state index is -0.401. The number of hydrogen-bond acceptors (Lipinski definition) is 3. The second-order valence-corrected chi connectivity index (χ2v) is 5.26. The molecule has 20 heavy (non-hydrogen) atoms. The van der Waals surface area contributed by atoms with Gasteiger partial charge in [-0.2, -0.15) is 0 Å². The average Bonchev–Trinajstić information content (AvgIpc) is 2.47. The SMILES string of the molecule is O=[N+]([O-])c1cccc(-c2ccc3cc(Br)ccc3n2)c1. The van der Waals surface area contributed by atoms with Crippen LogP contribution in [-0.4, -0.2) is 9.91 Å². The van der Waals surface area contributed by atoms with E-state index >= 15 is 0 Å². The Bertz CT molecular complexity index is 818. The lowest BCUT2D eigenvalue weighted by atomic mass is 10.1. The number of non-ortho nitro benzene ring substituents is 1. The molecular formula is C15H9BrN2O2. The molecule has 0 atom stereocenters. The molecule has 0 radical (unpaired) electrons. The summed E-state index contributed by atoms with van der Waals surface area (Å²) in [6, 6.07) is 16.1. The molecule has 3 aromatic rings. The van der Waals surface area contributed by atoms with Crippen molar-refractivity contribution in [1.29, 1.82) is 0 Å². The van der Waals surface area contributed by atoms with Crippen LogP contribution < -0.4 is 0 Å². The van der Waals surface area contributed by atoms with Crippen LogP contribution in [0.3, 0.4) is 0 Å². The molecule has 0 amide bonds. The molecule has 0 fully saturated rings. The minimum Gasteiger partial charge on any atom is -0.258 e. The van der Waals surface area contributed by atoms with Crippen LogP contribution in [0.15, 0.2) is 59.1 Å². The number of benzene rings is 2. The lowest BCUT2D eigenvalue weighted by Crippen LogP contribution is -1.90. The number of nitro benzene ring substituents is 1. The van der Waals surface area contributed by atoms with Gasteiger partial charge in [0, 0.05) is 27.6 Å². The van der Waals surface area contributed by atoms with Crippen LogP contribution in [0.5, 0.6) is 0 Å². The average molecular weight is 329 g/mol. The summed E-state index contributed by atoms with van der Waals surface area (Å²) >= 11 is 3.42. The van der Waals surface area contributed by atoms with Crippen molar-refractivity contribution in [2.24, 2.45) is 0 Å². The Morgan fingerprint density at radius 1 is 1.05 bits per heavy atom. The molecular weight excluding hydrogens is 320 g/mol. The smallest absolute Gasteiger partial charge is 0.258 e. The fourth-order valence-corrected chi connectivity index (χ4v) is 2.41. The van der Waals surface area contributed by atoms with Crippen LogP contribution in [0.4, 0.5) is 5.69 Å². The van der Waals surface area contributed by atoms with Gasteiger partial charge in [0.25, 0.3) is 5.69 Å². The van der Waals surface area contributed by atoms with Gasteiger partial charge in [-0.05, 0) is 24.3 Å². The van der Waals surface area contributed by atoms with Gasteiger partial charge in [0.05, 0.1) is 16.1 Å². The zero-order valence-electron chi connectivity index (χ0n) is 10.3. The lowest BCUT2D eigenvalue weighted by Gasteiger charge is -2.04.